The van der Waals surface area contributed by atoms with Gasteiger partial charge in [0.05, 0.1) is 13.3 Å². The molecule has 0 bridgehead atoms. The Balaban J connectivity index is 1.55. The molecule has 32 heavy (non-hydrogen) atoms. The van der Waals surface area contributed by atoms with E-state index < -0.39 is 0 Å². The molecule has 1 aromatic heterocycles. The van der Waals surface area contributed by atoms with Crippen molar-refractivity contribution < 1.29 is 9.47 Å². The van der Waals surface area contributed by atoms with E-state index in [9.17, 15) is 0 Å². The number of benzene rings is 3. The molecule has 0 saturated carbocycles. The second-order valence-corrected chi connectivity index (χ2v) is 7.79. The molecule has 0 atom stereocenters. The Bertz CT molecular complexity index is 1310. The maximum absolute atomic E-state index is 6.04. The molecule has 0 unspecified atom stereocenters. The molecule has 0 aliphatic carbocycles. The Hall–Kier alpha value is -3.71. The van der Waals surface area contributed by atoms with Gasteiger partial charge in [0.25, 0.3) is 0 Å². The second kappa shape index (κ2) is 9.62. The zero-order valence-corrected chi connectivity index (χ0v) is 19.0. The first-order valence-corrected chi connectivity index (χ1v) is 10.6. The monoisotopic (exact) mass is 444 g/mol. The maximum Gasteiger partial charge on any atom is 0.216 e. The van der Waals surface area contributed by atoms with Crippen LogP contribution in [0.4, 0.5) is 0 Å². The lowest BCUT2D eigenvalue weighted by Crippen LogP contribution is -2.01. The molecule has 4 aromatic rings. The smallest absolute Gasteiger partial charge is 0.216 e. The van der Waals surface area contributed by atoms with Gasteiger partial charge in [-0.05, 0) is 61.0 Å². The molecule has 1 heterocycles. The number of hydrogen-bond acceptors (Lipinski definition) is 5. The number of hydrogen-bond donors (Lipinski definition) is 1. The van der Waals surface area contributed by atoms with Crippen molar-refractivity contribution in [3.05, 3.63) is 93.8 Å². The number of H-pyrrole nitrogens is 1. The van der Waals surface area contributed by atoms with Crippen LogP contribution in [0.5, 0.6) is 11.5 Å². The molecule has 0 radical (unpaired) electrons. The molecule has 162 valence electrons. The van der Waals surface area contributed by atoms with Gasteiger partial charge in [-0.3, -0.25) is 0 Å². The third kappa shape index (κ3) is 4.78. The molecule has 7 heteroatoms. The molecule has 1 N–H and O–H groups in total. The van der Waals surface area contributed by atoms with Crippen molar-refractivity contribution in [2.24, 2.45) is 5.10 Å². The van der Waals surface area contributed by atoms with E-state index >= 15 is 0 Å². The summed E-state index contributed by atoms with van der Waals surface area (Å²) in [4.78, 5) is 0. The molecule has 0 spiro atoms. The number of aromatic amines is 1. The van der Waals surface area contributed by atoms with Crippen LogP contribution >= 0.6 is 12.2 Å². The predicted molar refractivity (Wildman–Crippen MR) is 129 cm³/mol. The largest absolute Gasteiger partial charge is 0.493 e. The molecule has 0 aliphatic rings. The van der Waals surface area contributed by atoms with Gasteiger partial charge in [-0.25, -0.2) is 5.10 Å². The number of nitrogens with zero attached hydrogens (tertiary/aromatic N) is 3. The van der Waals surface area contributed by atoms with Crippen LogP contribution in [0.2, 0.25) is 0 Å². The zero-order chi connectivity index (χ0) is 22.5. The Morgan fingerprint density at radius 3 is 2.62 bits per heavy atom. The summed E-state index contributed by atoms with van der Waals surface area (Å²) in [6, 6.07) is 21.8. The van der Waals surface area contributed by atoms with E-state index in [4.69, 9.17) is 21.7 Å². The van der Waals surface area contributed by atoms with Crippen molar-refractivity contribution in [1.82, 2.24) is 14.9 Å². The van der Waals surface area contributed by atoms with Gasteiger partial charge in [0.15, 0.2) is 17.3 Å². The fourth-order valence-electron chi connectivity index (χ4n) is 3.29. The molecule has 0 fully saturated rings. The fraction of sp³-hybridized carbons (Fsp3) is 0.160. The molecule has 0 amide bonds. The van der Waals surface area contributed by atoms with E-state index in [2.05, 4.69) is 47.3 Å². The van der Waals surface area contributed by atoms with Gasteiger partial charge in [-0.1, -0.05) is 54.1 Å². The number of ether oxygens (including phenoxy) is 2. The van der Waals surface area contributed by atoms with Crippen molar-refractivity contribution in [3.8, 4) is 22.9 Å². The van der Waals surface area contributed by atoms with Crippen LogP contribution in [0, 0.1) is 18.6 Å². The topological polar surface area (TPSA) is 64.4 Å². The van der Waals surface area contributed by atoms with Crippen LogP contribution < -0.4 is 9.47 Å². The molecule has 0 aliphatic heterocycles. The van der Waals surface area contributed by atoms with Gasteiger partial charge in [-0.15, -0.1) is 0 Å². The first kappa shape index (κ1) is 21.5. The van der Waals surface area contributed by atoms with Crippen LogP contribution in [0.3, 0.4) is 0 Å². The highest BCUT2D eigenvalue weighted by Crippen LogP contribution is 2.29. The molecule has 4 rings (SSSR count). The SMILES string of the molecule is COc1cc(/C=N\n2c(-c3ccccc3)n[nH]c2=S)ccc1OCc1cc(C)ccc1C. The van der Waals surface area contributed by atoms with Crippen LogP contribution in [0.1, 0.15) is 22.3 Å². The van der Waals surface area contributed by atoms with E-state index in [1.807, 2.05) is 48.5 Å². The first-order valence-electron chi connectivity index (χ1n) is 10.2. The van der Waals surface area contributed by atoms with Crippen molar-refractivity contribution in [1.29, 1.82) is 0 Å². The third-order valence-electron chi connectivity index (χ3n) is 5.08. The minimum Gasteiger partial charge on any atom is -0.493 e. The third-order valence-corrected chi connectivity index (χ3v) is 5.34. The average molecular weight is 445 g/mol. The summed E-state index contributed by atoms with van der Waals surface area (Å²) >= 11 is 5.34. The van der Waals surface area contributed by atoms with Crippen LogP contribution in [0.15, 0.2) is 71.8 Å². The summed E-state index contributed by atoms with van der Waals surface area (Å²) in [6.45, 7) is 4.63. The second-order valence-electron chi connectivity index (χ2n) is 7.40. The minimum absolute atomic E-state index is 0.417. The highest BCUT2D eigenvalue weighted by Gasteiger charge is 2.09. The van der Waals surface area contributed by atoms with Crippen LogP contribution in [-0.4, -0.2) is 28.2 Å². The standard InChI is InChI=1S/C25H24N4O2S/c1-17-9-10-18(2)21(13-17)16-31-22-12-11-19(14-23(22)30-3)15-26-29-24(27-28-25(29)32)20-7-5-4-6-8-20/h4-15H,16H2,1-3H3,(H,28,32)/b26-15-. The quantitative estimate of drug-likeness (QED) is 0.294. The number of aryl methyl sites for hydroxylation is 2. The van der Waals surface area contributed by atoms with Crippen molar-refractivity contribution >= 4 is 18.4 Å². The highest BCUT2D eigenvalue weighted by atomic mass is 32.1. The lowest BCUT2D eigenvalue weighted by atomic mass is 10.1. The van der Waals surface area contributed by atoms with Crippen molar-refractivity contribution in [3.63, 3.8) is 0 Å². The molecule has 6 nitrogen and oxygen atoms in total. The average Bonchev–Trinajstić information content (AvgIpc) is 3.19. The van der Waals surface area contributed by atoms with E-state index in [0.29, 0.717) is 28.7 Å². The number of rotatable bonds is 7. The minimum atomic E-state index is 0.417. The van der Waals surface area contributed by atoms with Gasteiger partial charge >= 0.3 is 0 Å². The molecular formula is C25H24N4O2S. The van der Waals surface area contributed by atoms with Gasteiger partial charge in [-0.2, -0.15) is 14.9 Å². The Kier molecular flexibility index (Phi) is 6.47. The van der Waals surface area contributed by atoms with E-state index in [1.165, 1.54) is 11.1 Å². The zero-order valence-electron chi connectivity index (χ0n) is 18.2. The lowest BCUT2D eigenvalue weighted by molar-refractivity contribution is 0.284. The Morgan fingerprint density at radius 1 is 1.03 bits per heavy atom. The predicted octanol–water partition coefficient (Wildman–Crippen LogP) is 5.69. The van der Waals surface area contributed by atoms with Gasteiger partial charge in [0.2, 0.25) is 4.77 Å². The van der Waals surface area contributed by atoms with Crippen LogP contribution in [-0.2, 0) is 6.61 Å². The normalized spacial score (nSPS) is 11.1. The van der Waals surface area contributed by atoms with Crippen LogP contribution in [0.25, 0.3) is 11.4 Å². The van der Waals surface area contributed by atoms with E-state index in [0.717, 1.165) is 16.7 Å². The highest BCUT2D eigenvalue weighted by molar-refractivity contribution is 7.71. The van der Waals surface area contributed by atoms with Gasteiger partial charge in [0, 0.05) is 5.56 Å². The van der Waals surface area contributed by atoms with Crippen molar-refractivity contribution in [2.75, 3.05) is 7.11 Å². The van der Waals surface area contributed by atoms with Gasteiger partial charge in [0.1, 0.15) is 6.61 Å². The summed E-state index contributed by atoms with van der Waals surface area (Å²) < 4.78 is 13.6. The lowest BCUT2D eigenvalue weighted by Gasteiger charge is -2.13. The van der Waals surface area contributed by atoms with Crippen molar-refractivity contribution in [2.45, 2.75) is 20.5 Å². The Morgan fingerprint density at radius 2 is 1.84 bits per heavy atom. The summed E-state index contributed by atoms with van der Waals surface area (Å²) in [5.74, 6) is 1.96. The number of nitrogens with one attached hydrogen (secondary N) is 1. The van der Waals surface area contributed by atoms with E-state index in [-0.39, 0.29) is 0 Å². The first-order chi connectivity index (χ1) is 15.5. The molecule has 0 saturated heterocycles. The Labute approximate surface area is 192 Å². The van der Waals surface area contributed by atoms with E-state index in [1.54, 1.807) is 18.0 Å². The summed E-state index contributed by atoms with van der Waals surface area (Å²) in [5, 5.41) is 11.6. The molecular weight excluding hydrogens is 420 g/mol. The molecule has 3 aromatic carbocycles. The van der Waals surface area contributed by atoms with Gasteiger partial charge < -0.3 is 9.47 Å². The fourth-order valence-corrected chi connectivity index (χ4v) is 3.47. The summed E-state index contributed by atoms with van der Waals surface area (Å²) in [5.41, 5.74) is 5.33. The number of aromatic nitrogens is 3. The summed E-state index contributed by atoms with van der Waals surface area (Å²) in [6.07, 6.45) is 1.72. The maximum atomic E-state index is 6.04. The number of methoxy groups -OCH3 is 1. The summed E-state index contributed by atoms with van der Waals surface area (Å²) in [7, 11) is 1.63.